The van der Waals surface area contributed by atoms with Crippen molar-refractivity contribution in [3.05, 3.63) is 22.0 Å². The van der Waals surface area contributed by atoms with Crippen LogP contribution in [0.5, 0.6) is 0 Å². The Hall–Kier alpha value is -1.92. The normalized spacial score (nSPS) is 12.5. The number of amides is 1. The number of nitrogens with two attached hydrogens (primary N) is 1. The summed E-state index contributed by atoms with van der Waals surface area (Å²) in [6.07, 6.45) is 0.902. The first-order valence-electron chi connectivity index (χ1n) is 3.33. The van der Waals surface area contributed by atoms with Gasteiger partial charge in [0.15, 0.2) is 0 Å². The average Bonchev–Trinajstić information content (AvgIpc) is 2.12. The maximum atomic E-state index is 10.9. The van der Waals surface area contributed by atoms with E-state index in [0.29, 0.717) is 0 Å². The fraction of sp³-hybridized carbons (Fsp3) is 0.333. The summed E-state index contributed by atoms with van der Waals surface area (Å²) < 4.78 is 0. The highest BCUT2D eigenvalue weighted by molar-refractivity contribution is 6.43. The van der Waals surface area contributed by atoms with Gasteiger partial charge in [-0.05, 0) is 4.92 Å². The highest BCUT2D eigenvalue weighted by Gasteiger charge is 2.09. The van der Waals surface area contributed by atoms with Crippen LogP contribution in [0.2, 0.25) is 0 Å². The maximum Gasteiger partial charge on any atom is 0.316 e. The molecule has 0 bridgehead atoms. The zero-order valence-electron chi connectivity index (χ0n) is 7.27. The highest BCUT2D eigenvalue weighted by atomic mass is 16.6. The van der Waals surface area contributed by atoms with Crippen molar-refractivity contribution < 1.29 is 9.72 Å². The molecule has 0 heterocycles. The second-order valence-corrected chi connectivity index (χ2v) is 2.01. The van der Waals surface area contributed by atoms with Gasteiger partial charge in [-0.15, -0.1) is 0 Å². The standard InChI is InChI=1S/C6H10N4O3/c1-8-4(6(11)9-2)3-5(7)10(12)13/h3H,7H2,1-2H3,(H,9,11). The zero-order valence-corrected chi connectivity index (χ0v) is 7.27. The molecule has 0 rings (SSSR count). The highest BCUT2D eigenvalue weighted by Crippen LogP contribution is 1.88. The van der Waals surface area contributed by atoms with Gasteiger partial charge in [0.1, 0.15) is 5.71 Å². The largest absolute Gasteiger partial charge is 0.358 e. The van der Waals surface area contributed by atoms with Gasteiger partial charge in [0.05, 0.1) is 6.08 Å². The summed E-state index contributed by atoms with van der Waals surface area (Å²) in [5.74, 6) is -1.14. The lowest BCUT2D eigenvalue weighted by molar-refractivity contribution is -0.426. The third-order valence-electron chi connectivity index (χ3n) is 1.20. The van der Waals surface area contributed by atoms with Gasteiger partial charge >= 0.3 is 5.82 Å². The number of rotatable bonds is 3. The van der Waals surface area contributed by atoms with Crippen LogP contribution in [-0.2, 0) is 4.79 Å². The topological polar surface area (TPSA) is 111 Å². The molecule has 0 aromatic rings. The molecule has 0 fully saturated rings. The first kappa shape index (κ1) is 11.1. The molecular formula is C6H10N4O3. The first-order valence-corrected chi connectivity index (χ1v) is 3.33. The average molecular weight is 186 g/mol. The number of nitrogens with one attached hydrogen (secondary N) is 1. The van der Waals surface area contributed by atoms with Crippen LogP contribution in [0, 0.1) is 10.1 Å². The van der Waals surface area contributed by atoms with Gasteiger partial charge in [0.2, 0.25) is 0 Å². The Morgan fingerprint density at radius 3 is 2.54 bits per heavy atom. The zero-order chi connectivity index (χ0) is 10.4. The fourth-order valence-corrected chi connectivity index (χ4v) is 0.552. The number of hydrogen-bond donors (Lipinski definition) is 2. The molecule has 0 aromatic carbocycles. The molecular weight excluding hydrogens is 176 g/mol. The molecule has 7 heteroatoms. The van der Waals surface area contributed by atoms with E-state index in [9.17, 15) is 14.9 Å². The summed E-state index contributed by atoms with van der Waals surface area (Å²) in [6, 6.07) is 0. The molecule has 0 saturated heterocycles. The van der Waals surface area contributed by atoms with Crippen LogP contribution in [0.4, 0.5) is 0 Å². The van der Waals surface area contributed by atoms with Crippen molar-refractivity contribution >= 4 is 11.6 Å². The van der Waals surface area contributed by atoms with E-state index in [1.165, 1.54) is 14.1 Å². The Bertz CT molecular complexity index is 282. The van der Waals surface area contributed by atoms with E-state index >= 15 is 0 Å². The monoisotopic (exact) mass is 186 g/mol. The minimum Gasteiger partial charge on any atom is -0.358 e. The SMILES string of the molecule is CN=C(C=C(N)[N+](=O)[O-])C(=O)NC. The van der Waals surface area contributed by atoms with E-state index in [0.717, 1.165) is 6.08 Å². The molecule has 13 heavy (non-hydrogen) atoms. The van der Waals surface area contributed by atoms with Gasteiger partial charge in [-0.25, -0.2) is 0 Å². The van der Waals surface area contributed by atoms with Crippen molar-refractivity contribution in [3.8, 4) is 0 Å². The summed E-state index contributed by atoms with van der Waals surface area (Å²) in [7, 11) is 2.73. The number of nitro groups is 1. The second kappa shape index (κ2) is 4.86. The van der Waals surface area contributed by atoms with Gasteiger partial charge in [-0.3, -0.25) is 15.5 Å². The van der Waals surface area contributed by atoms with Crippen LogP contribution in [0.15, 0.2) is 16.9 Å². The van der Waals surface area contributed by atoms with Crippen LogP contribution in [0.25, 0.3) is 0 Å². The van der Waals surface area contributed by atoms with Crippen molar-refractivity contribution in [1.82, 2.24) is 5.32 Å². The molecule has 0 spiro atoms. The Balaban J connectivity index is 4.75. The third kappa shape index (κ3) is 3.32. The summed E-state index contributed by atoms with van der Waals surface area (Å²) in [6.45, 7) is 0. The molecule has 7 nitrogen and oxygen atoms in total. The molecule has 0 saturated carbocycles. The van der Waals surface area contributed by atoms with Crippen molar-refractivity contribution in [2.24, 2.45) is 10.7 Å². The van der Waals surface area contributed by atoms with Gasteiger partial charge in [-0.1, -0.05) is 0 Å². The van der Waals surface area contributed by atoms with E-state index in [2.05, 4.69) is 10.3 Å². The Kier molecular flexibility index (Phi) is 4.14. The van der Waals surface area contributed by atoms with E-state index in [4.69, 9.17) is 5.73 Å². The van der Waals surface area contributed by atoms with E-state index in [1.54, 1.807) is 0 Å². The molecule has 0 radical (unpaired) electrons. The van der Waals surface area contributed by atoms with Crippen LogP contribution < -0.4 is 11.1 Å². The minimum atomic E-state index is -0.797. The van der Waals surface area contributed by atoms with Crippen LogP contribution in [-0.4, -0.2) is 30.6 Å². The lowest BCUT2D eigenvalue weighted by atomic mass is 10.3. The number of carbonyl (C=O) groups excluding carboxylic acids is 1. The van der Waals surface area contributed by atoms with E-state index < -0.39 is 16.7 Å². The Labute approximate surface area is 74.5 Å². The maximum absolute atomic E-state index is 10.9. The molecule has 0 aromatic heterocycles. The Morgan fingerprint density at radius 1 is 1.69 bits per heavy atom. The van der Waals surface area contributed by atoms with Gasteiger partial charge in [-0.2, -0.15) is 0 Å². The summed E-state index contributed by atoms with van der Waals surface area (Å²) in [4.78, 5) is 23.8. The Morgan fingerprint density at radius 2 is 2.23 bits per heavy atom. The van der Waals surface area contributed by atoms with Crippen molar-refractivity contribution in [3.63, 3.8) is 0 Å². The first-order chi connectivity index (χ1) is 6.02. The lowest BCUT2D eigenvalue weighted by Crippen LogP contribution is -2.27. The second-order valence-electron chi connectivity index (χ2n) is 2.01. The van der Waals surface area contributed by atoms with Crippen LogP contribution >= 0.6 is 0 Å². The van der Waals surface area contributed by atoms with E-state index in [-0.39, 0.29) is 5.71 Å². The molecule has 0 aliphatic heterocycles. The molecule has 3 N–H and O–H groups in total. The minimum absolute atomic E-state index is 0.0864. The molecule has 72 valence electrons. The number of nitrogens with zero attached hydrogens (tertiary/aromatic N) is 2. The van der Waals surface area contributed by atoms with Crippen LogP contribution in [0.3, 0.4) is 0 Å². The van der Waals surface area contributed by atoms with Crippen molar-refractivity contribution in [2.75, 3.05) is 14.1 Å². The molecule has 0 unspecified atom stereocenters. The molecule has 0 aliphatic carbocycles. The number of aliphatic imine (C=N–C) groups is 1. The summed E-state index contributed by atoms with van der Waals surface area (Å²) >= 11 is 0. The fourth-order valence-electron chi connectivity index (χ4n) is 0.552. The predicted molar refractivity (Wildman–Crippen MR) is 46.7 cm³/mol. The predicted octanol–water partition coefficient (Wildman–Crippen LogP) is -1.12. The lowest BCUT2D eigenvalue weighted by Gasteiger charge is -1.98. The van der Waals surface area contributed by atoms with Crippen molar-refractivity contribution in [1.29, 1.82) is 0 Å². The van der Waals surface area contributed by atoms with E-state index in [1.807, 2.05) is 0 Å². The van der Waals surface area contributed by atoms with Crippen molar-refractivity contribution in [2.45, 2.75) is 0 Å². The number of hydrogen-bond acceptors (Lipinski definition) is 5. The molecule has 1 amide bonds. The smallest absolute Gasteiger partial charge is 0.316 e. The number of carbonyl (C=O) groups is 1. The van der Waals surface area contributed by atoms with Gasteiger partial charge in [0, 0.05) is 14.1 Å². The quantitative estimate of drug-likeness (QED) is 0.330. The van der Waals surface area contributed by atoms with Gasteiger partial charge < -0.3 is 15.4 Å². The van der Waals surface area contributed by atoms with Gasteiger partial charge in [0.25, 0.3) is 5.91 Å². The van der Waals surface area contributed by atoms with Crippen LogP contribution in [0.1, 0.15) is 0 Å². The summed E-state index contributed by atoms with van der Waals surface area (Å²) in [5, 5.41) is 12.4. The molecule has 0 aliphatic rings. The summed E-state index contributed by atoms with van der Waals surface area (Å²) in [5.41, 5.74) is 4.90. The third-order valence-corrected chi connectivity index (χ3v) is 1.20. The molecule has 0 atom stereocenters.